The third kappa shape index (κ3) is 4.98. The van der Waals surface area contributed by atoms with E-state index in [1.54, 1.807) is 39.5 Å². The van der Waals surface area contributed by atoms with Crippen LogP contribution < -0.4 is 19.5 Å². The van der Waals surface area contributed by atoms with E-state index in [1.807, 2.05) is 31.2 Å². The minimum absolute atomic E-state index is 0.149. The fourth-order valence-electron chi connectivity index (χ4n) is 3.72. The van der Waals surface area contributed by atoms with Crippen LogP contribution in [0.15, 0.2) is 42.6 Å². The van der Waals surface area contributed by atoms with Crippen molar-refractivity contribution in [3.8, 4) is 28.4 Å². The third-order valence-electron chi connectivity index (χ3n) is 5.78. The zero-order valence-electron chi connectivity index (χ0n) is 19.7. The van der Waals surface area contributed by atoms with Gasteiger partial charge < -0.3 is 24.4 Å². The number of hydrogen-bond donors (Lipinski definition) is 2. The summed E-state index contributed by atoms with van der Waals surface area (Å²) in [7, 11) is 4.93. The summed E-state index contributed by atoms with van der Waals surface area (Å²) < 4.78 is 16.9. The maximum atomic E-state index is 13.1. The molecule has 0 aliphatic carbocycles. The molecule has 3 aromatic rings. The molecular weight excluding hydrogens is 436 g/mol. The van der Waals surface area contributed by atoms with Crippen molar-refractivity contribution in [3.63, 3.8) is 0 Å². The van der Waals surface area contributed by atoms with E-state index in [0.717, 1.165) is 33.9 Å². The Balaban J connectivity index is 1.55. The van der Waals surface area contributed by atoms with Crippen LogP contribution in [0.5, 0.6) is 17.2 Å². The molecule has 1 aliphatic heterocycles. The summed E-state index contributed by atoms with van der Waals surface area (Å²) in [4.78, 5) is 26.7. The van der Waals surface area contributed by atoms with Crippen molar-refractivity contribution in [2.24, 2.45) is 5.92 Å². The van der Waals surface area contributed by atoms with Crippen molar-refractivity contribution in [2.45, 2.75) is 13.3 Å². The van der Waals surface area contributed by atoms with Gasteiger partial charge in [0.25, 0.3) is 5.91 Å². The fourth-order valence-corrected chi connectivity index (χ4v) is 3.72. The first-order valence-electron chi connectivity index (χ1n) is 10.9. The van der Waals surface area contributed by atoms with Gasteiger partial charge in [-0.2, -0.15) is 5.10 Å². The number of nitrogens with one attached hydrogen (secondary N) is 2. The summed E-state index contributed by atoms with van der Waals surface area (Å²) in [6, 6.07) is 11.0. The second kappa shape index (κ2) is 9.86. The average molecular weight is 465 g/mol. The molecule has 0 fully saturated rings. The number of nitrogens with zero attached hydrogens (tertiary/aromatic N) is 2. The van der Waals surface area contributed by atoms with Crippen molar-refractivity contribution >= 4 is 17.5 Å². The summed E-state index contributed by atoms with van der Waals surface area (Å²) >= 11 is 0. The van der Waals surface area contributed by atoms with Gasteiger partial charge in [-0.3, -0.25) is 14.7 Å². The van der Waals surface area contributed by atoms with Gasteiger partial charge >= 0.3 is 0 Å². The van der Waals surface area contributed by atoms with Crippen LogP contribution >= 0.6 is 0 Å². The molecule has 2 N–H and O–H groups in total. The number of aromatic amines is 1. The monoisotopic (exact) mass is 464 g/mol. The molecule has 2 aromatic carbocycles. The minimum atomic E-state index is -0.383. The first-order chi connectivity index (χ1) is 16.4. The van der Waals surface area contributed by atoms with Crippen LogP contribution in [0.25, 0.3) is 11.1 Å². The third-order valence-corrected chi connectivity index (χ3v) is 5.78. The normalized spacial score (nSPS) is 14.5. The number of carbonyl (C=O) groups is 2. The Morgan fingerprint density at radius 2 is 2.06 bits per heavy atom. The number of ether oxygens (including phenoxy) is 3. The zero-order chi connectivity index (χ0) is 24.2. The molecule has 9 heteroatoms. The molecule has 34 heavy (non-hydrogen) atoms. The van der Waals surface area contributed by atoms with Gasteiger partial charge in [0.15, 0.2) is 6.61 Å². The molecule has 0 spiro atoms. The Bertz CT molecular complexity index is 1200. The van der Waals surface area contributed by atoms with Gasteiger partial charge in [0.1, 0.15) is 23.9 Å². The lowest BCUT2D eigenvalue weighted by Crippen LogP contribution is -2.33. The van der Waals surface area contributed by atoms with E-state index < -0.39 is 0 Å². The van der Waals surface area contributed by atoms with Crippen molar-refractivity contribution < 1.29 is 23.8 Å². The highest BCUT2D eigenvalue weighted by atomic mass is 16.5. The first-order valence-corrected chi connectivity index (χ1v) is 10.9. The van der Waals surface area contributed by atoms with Gasteiger partial charge in [0, 0.05) is 25.4 Å². The molecule has 178 valence electrons. The predicted molar refractivity (Wildman–Crippen MR) is 127 cm³/mol. The Morgan fingerprint density at radius 1 is 1.24 bits per heavy atom. The number of fused-ring (bicyclic) bond motifs is 1. The van der Waals surface area contributed by atoms with Gasteiger partial charge in [0.05, 0.1) is 24.9 Å². The number of benzene rings is 2. The van der Waals surface area contributed by atoms with E-state index in [4.69, 9.17) is 14.2 Å². The maximum Gasteiger partial charge on any atom is 0.259 e. The van der Waals surface area contributed by atoms with Gasteiger partial charge in [-0.25, -0.2) is 0 Å². The topological polar surface area (TPSA) is 106 Å². The van der Waals surface area contributed by atoms with Crippen LogP contribution in [0.2, 0.25) is 0 Å². The van der Waals surface area contributed by atoms with E-state index in [0.29, 0.717) is 17.9 Å². The first kappa shape index (κ1) is 23.2. The number of anilines is 1. The van der Waals surface area contributed by atoms with Crippen LogP contribution in [0.1, 0.15) is 11.3 Å². The molecule has 1 atom stereocenters. The number of hydrogen-bond acceptors (Lipinski definition) is 6. The average Bonchev–Trinajstić information content (AvgIpc) is 3.27. The quantitative estimate of drug-likeness (QED) is 0.557. The predicted octanol–water partition coefficient (Wildman–Crippen LogP) is 3.05. The highest BCUT2D eigenvalue weighted by molar-refractivity contribution is 5.95. The molecule has 0 saturated carbocycles. The molecule has 1 aliphatic rings. The van der Waals surface area contributed by atoms with Crippen molar-refractivity contribution in [3.05, 3.63) is 53.9 Å². The Labute approximate surface area is 198 Å². The van der Waals surface area contributed by atoms with Crippen LogP contribution in [-0.2, 0) is 16.0 Å². The molecule has 1 aromatic heterocycles. The van der Waals surface area contributed by atoms with E-state index in [1.165, 1.54) is 4.90 Å². The van der Waals surface area contributed by atoms with E-state index in [-0.39, 0.29) is 30.9 Å². The van der Waals surface area contributed by atoms with Gasteiger partial charge in [0.2, 0.25) is 5.91 Å². The molecule has 0 saturated heterocycles. The molecule has 0 bridgehead atoms. The number of H-pyrrole nitrogens is 1. The summed E-state index contributed by atoms with van der Waals surface area (Å²) in [5.74, 6) is 1.12. The van der Waals surface area contributed by atoms with Crippen LogP contribution in [-0.4, -0.2) is 61.3 Å². The van der Waals surface area contributed by atoms with E-state index in [2.05, 4.69) is 15.5 Å². The zero-order valence-corrected chi connectivity index (χ0v) is 19.7. The highest BCUT2D eigenvalue weighted by Gasteiger charge is 2.27. The number of aryl methyl sites for hydroxylation is 1. The van der Waals surface area contributed by atoms with Gasteiger partial charge in [-0.15, -0.1) is 0 Å². The van der Waals surface area contributed by atoms with E-state index in [9.17, 15) is 9.59 Å². The van der Waals surface area contributed by atoms with Gasteiger partial charge in [-0.05, 0) is 54.8 Å². The number of amides is 2. The van der Waals surface area contributed by atoms with Crippen molar-refractivity contribution in [1.82, 2.24) is 15.1 Å². The smallest absolute Gasteiger partial charge is 0.259 e. The maximum absolute atomic E-state index is 13.1. The molecule has 9 nitrogen and oxygen atoms in total. The largest absolute Gasteiger partial charge is 0.497 e. The standard InChI is InChI=1S/C25H28N4O5/c1-15-20(12-26-28-15)16-5-7-21(23(11-16)34-14-24(30)29(2)3)27-25(31)18-9-17-10-19(32-4)6-8-22(17)33-13-18/h5-8,10-12,18H,9,13-14H2,1-4H3,(H,26,28)(H,27,31)/t18-/m1/s1. The lowest BCUT2D eigenvalue weighted by Gasteiger charge is -2.25. The number of likely N-dealkylation sites (N-methyl/N-ethyl adjacent to an activating group) is 1. The molecule has 0 unspecified atom stereocenters. The second-order valence-corrected chi connectivity index (χ2v) is 8.37. The fraction of sp³-hybridized carbons (Fsp3) is 0.320. The highest BCUT2D eigenvalue weighted by Crippen LogP contribution is 2.34. The minimum Gasteiger partial charge on any atom is -0.497 e. The van der Waals surface area contributed by atoms with Crippen LogP contribution in [0, 0.1) is 12.8 Å². The van der Waals surface area contributed by atoms with Crippen molar-refractivity contribution in [2.75, 3.05) is 39.7 Å². The lowest BCUT2D eigenvalue weighted by atomic mass is 9.95. The second-order valence-electron chi connectivity index (χ2n) is 8.37. The van der Waals surface area contributed by atoms with Gasteiger partial charge in [-0.1, -0.05) is 6.07 Å². The molecular formula is C25H28N4O5. The van der Waals surface area contributed by atoms with Crippen molar-refractivity contribution in [1.29, 1.82) is 0 Å². The Hall–Kier alpha value is -4.01. The molecule has 2 amide bonds. The lowest BCUT2D eigenvalue weighted by molar-refractivity contribution is -0.130. The number of carbonyl (C=O) groups excluding carboxylic acids is 2. The van der Waals surface area contributed by atoms with Crippen LogP contribution in [0.3, 0.4) is 0 Å². The summed E-state index contributed by atoms with van der Waals surface area (Å²) in [6.45, 7) is 2.04. The summed E-state index contributed by atoms with van der Waals surface area (Å²) in [6.07, 6.45) is 2.25. The van der Waals surface area contributed by atoms with Crippen LogP contribution in [0.4, 0.5) is 5.69 Å². The molecule has 2 heterocycles. The number of methoxy groups -OCH3 is 1. The SMILES string of the molecule is COc1ccc2c(c1)C[C@@H](C(=O)Nc1ccc(-c3cn[nH]c3C)cc1OCC(=O)N(C)C)CO2. The molecule has 0 radical (unpaired) electrons. The summed E-state index contributed by atoms with van der Waals surface area (Å²) in [5.41, 5.74) is 4.08. The summed E-state index contributed by atoms with van der Waals surface area (Å²) in [5, 5.41) is 9.94. The number of aromatic nitrogens is 2. The molecule has 4 rings (SSSR count). The Kier molecular flexibility index (Phi) is 6.72. The Morgan fingerprint density at radius 3 is 2.76 bits per heavy atom. The van der Waals surface area contributed by atoms with E-state index >= 15 is 0 Å². The number of rotatable bonds is 7.